The molecule has 0 aromatic heterocycles. The number of hydrogen-bond donors (Lipinski definition) is 4. The minimum Gasteiger partial charge on any atom is -0.328 e. The highest BCUT2D eigenvalue weighted by Gasteiger charge is 2.22. The van der Waals surface area contributed by atoms with Gasteiger partial charge in [0, 0.05) is 6.54 Å². The number of carbonyl (C=O) groups excluding carboxylic acids is 1. The van der Waals surface area contributed by atoms with Gasteiger partial charge in [-0.3, -0.25) is 15.4 Å². The van der Waals surface area contributed by atoms with Crippen molar-refractivity contribution >= 4 is 5.91 Å². The number of benzene rings is 1. The second-order valence-corrected chi connectivity index (χ2v) is 3.84. The van der Waals surface area contributed by atoms with Crippen molar-refractivity contribution in [3.05, 3.63) is 35.9 Å². The lowest BCUT2D eigenvalue weighted by Crippen LogP contribution is -2.64. The summed E-state index contributed by atoms with van der Waals surface area (Å²) in [5, 5.41) is 9.00. The predicted molar refractivity (Wildman–Crippen MR) is 60.9 cm³/mol. The first-order valence-electron chi connectivity index (χ1n) is 5.32. The van der Waals surface area contributed by atoms with E-state index < -0.39 is 0 Å². The van der Waals surface area contributed by atoms with Gasteiger partial charge in [0.15, 0.2) is 0 Å². The second kappa shape index (κ2) is 5.07. The highest BCUT2D eigenvalue weighted by atomic mass is 16.2. The molecule has 1 saturated heterocycles. The van der Waals surface area contributed by atoms with E-state index in [1.165, 1.54) is 0 Å². The topological polar surface area (TPSA) is 79.2 Å². The van der Waals surface area contributed by atoms with Crippen LogP contribution in [0.3, 0.4) is 0 Å². The zero-order valence-corrected chi connectivity index (χ0v) is 8.94. The van der Waals surface area contributed by atoms with Crippen LogP contribution in [0, 0.1) is 0 Å². The van der Waals surface area contributed by atoms with E-state index in [4.69, 9.17) is 5.73 Å². The quantitative estimate of drug-likeness (QED) is 0.551. The van der Waals surface area contributed by atoms with Crippen molar-refractivity contribution < 1.29 is 4.79 Å². The summed E-state index contributed by atoms with van der Waals surface area (Å²) in [6, 6.07) is 9.99. The molecule has 1 aromatic carbocycles. The maximum Gasteiger partial charge on any atom is 0.225 e. The van der Waals surface area contributed by atoms with E-state index in [-0.39, 0.29) is 18.4 Å². The maximum atomic E-state index is 11.2. The molecule has 0 aliphatic carbocycles. The highest BCUT2D eigenvalue weighted by Crippen LogP contribution is 1.99. The maximum absolute atomic E-state index is 11.2. The van der Waals surface area contributed by atoms with Crippen molar-refractivity contribution in [1.82, 2.24) is 16.0 Å². The molecular formula is C11H16N4O. The van der Waals surface area contributed by atoms with E-state index in [0.717, 1.165) is 5.56 Å². The Morgan fingerprint density at radius 1 is 1.38 bits per heavy atom. The van der Waals surface area contributed by atoms with Crippen LogP contribution in [-0.4, -0.2) is 18.4 Å². The fraction of sp³-hybridized carbons (Fsp3) is 0.364. The Kier molecular flexibility index (Phi) is 3.51. The Labute approximate surface area is 94.4 Å². The van der Waals surface area contributed by atoms with Crippen LogP contribution in [0.2, 0.25) is 0 Å². The molecule has 5 N–H and O–H groups in total. The van der Waals surface area contributed by atoms with Crippen LogP contribution in [0.25, 0.3) is 0 Å². The first kappa shape index (κ1) is 11.1. The minimum absolute atomic E-state index is 0.0307. The molecule has 16 heavy (non-hydrogen) atoms. The molecule has 1 aliphatic rings. The average Bonchev–Trinajstić information content (AvgIpc) is 2.27. The molecule has 0 radical (unpaired) electrons. The van der Waals surface area contributed by atoms with Gasteiger partial charge in [0.25, 0.3) is 0 Å². The summed E-state index contributed by atoms with van der Waals surface area (Å²) in [6.07, 6.45) is -0.206. The van der Waals surface area contributed by atoms with Crippen molar-refractivity contribution in [2.24, 2.45) is 5.73 Å². The van der Waals surface area contributed by atoms with Gasteiger partial charge in [0.1, 0.15) is 6.29 Å². The number of amides is 1. The smallest absolute Gasteiger partial charge is 0.225 e. The van der Waals surface area contributed by atoms with Crippen LogP contribution >= 0.6 is 0 Å². The van der Waals surface area contributed by atoms with Crippen molar-refractivity contribution in [1.29, 1.82) is 0 Å². The molecule has 1 amide bonds. The zero-order chi connectivity index (χ0) is 11.4. The normalized spacial score (nSPS) is 25.2. The third-order valence-electron chi connectivity index (χ3n) is 2.44. The molecule has 1 aromatic rings. The number of nitrogens with one attached hydrogen (secondary N) is 3. The van der Waals surface area contributed by atoms with Gasteiger partial charge in [-0.1, -0.05) is 30.3 Å². The predicted octanol–water partition coefficient (Wildman–Crippen LogP) is -0.546. The van der Waals surface area contributed by atoms with Crippen LogP contribution in [0.15, 0.2) is 30.3 Å². The molecule has 0 spiro atoms. The van der Waals surface area contributed by atoms with Gasteiger partial charge >= 0.3 is 0 Å². The second-order valence-electron chi connectivity index (χ2n) is 3.84. The molecule has 1 aliphatic heterocycles. The van der Waals surface area contributed by atoms with Crippen LogP contribution < -0.4 is 21.7 Å². The molecule has 0 saturated carbocycles. The van der Waals surface area contributed by atoms with Gasteiger partial charge in [-0.25, -0.2) is 0 Å². The van der Waals surface area contributed by atoms with E-state index in [2.05, 4.69) is 16.0 Å². The summed E-state index contributed by atoms with van der Waals surface area (Å²) >= 11 is 0. The molecule has 86 valence electrons. The lowest BCUT2D eigenvalue weighted by molar-refractivity contribution is -0.124. The third-order valence-corrected chi connectivity index (χ3v) is 2.44. The molecule has 5 heteroatoms. The highest BCUT2D eigenvalue weighted by molar-refractivity contribution is 5.77. The Balaban J connectivity index is 1.84. The van der Waals surface area contributed by atoms with Crippen LogP contribution in [0.1, 0.15) is 12.0 Å². The molecule has 2 unspecified atom stereocenters. The lowest BCUT2D eigenvalue weighted by Gasteiger charge is -2.30. The van der Waals surface area contributed by atoms with Crippen LogP contribution in [0.5, 0.6) is 0 Å². The third kappa shape index (κ3) is 3.03. The van der Waals surface area contributed by atoms with Gasteiger partial charge < -0.3 is 11.1 Å². The van der Waals surface area contributed by atoms with Crippen LogP contribution in [0.4, 0.5) is 0 Å². The van der Waals surface area contributed by atoms with E-state index in [1.807, 2.05) is 30.3 Å². The Bertz CT molecular complexity index is 354. The van der Waals surface area contributed by atoms with E-state index in [1.54, 1.807) is 0 Å². The standard InChI is InChI=1S/C11H16N4O/c12-9-6-10(16)15-11(14-9)13-7-8-4-2-1-3-5-8/h1-5,9,11,13-14H,6-7,12H2,(H,15,16). The van der Waals surface area contributed by atoms with E-state index in [9.17, 15) is 4.79 Å². The Morgan fingerprint density at radius 3 is 2.81 bits per heavy atom. The molecule has 1 heterocycles. The van der Waals surface area contributed by atoms with E-state index in [0.29, 0.717) is 13.0 Å². The summed E-state index contributed by atoms with van der Waals surface area (Å²) in [7, 11) is 0. The van der Waals surface area contributed by atoms with Crippen molar-refractivity contribution in [3.8, 4) is 0 Å². The van der Waals surface area contributed by atoms with Gasteiger partial charge in [-0.2, -0.15) is 0 Å². The first-order chi connectivity index (χ1) is 7.74. The van der Waals surface area contributed by atoms with Crippen LogP contribution in [-0.2, 0) is 11.3 Å². The number of hydrogen-bond acceptors (Lipinski definition) is 4. The largest absolute Gasteiger partial charge is 0.328 e. The SMILES string of the molecule is NC1CC(=O)NC(NCc2ccccc2)N1. The zero-order valence-electron chi connectivity index (χ0n) is 8.94. The molecule has 2 atom stereocenters. The monoisotopic (exact) mass is 220 g/mol. The molecule has 5 nitrogen and oxygen atoms in total. The summed E-state index contributed by atoms with van der Waals surface area (Å²) in [6.45, 7) is 0.686. The Hall–Kier alpha value is -1.43. The number of nitrogens with two attached hydrogens (primary N) is 1. The molecular weight excluding hydrogens is 204 g/mol. The van der Waals surface area contributed by atoms with Gasteiger partial charge in [0.05, 0.1) is 12.6 Å². The minimum atomic E-state index is -0.276. The molecule has 2 rings (SSSR count). The van der Waals surface area contributed by atoms with Crippen molar-refractivity contribution in [2.45, 2.75) is 25.4 Å². The fourth-order valence-electron chi connectivity index (χ4n) is 1.66. The number of rotatable bonds is 3. The first-order valence-corrected chi connectivity index (χ1v) is 5.32. The molecule has 0 bridgehead atoms. The Morgan fingerprint density at radius 2 is 2.12 bits per heavy atom. The summed E-state index contributed by atoms with van der Waals surface area (Å²) < 4.78 is 0. The summed E-state index contributed by atoms with van der Waals surface area (Å²) in [4.78, 5) is 11.2. The van der Waals surface area contributed by atoms with Gasteiger partial charge in [-0.15, -0.1) is 0 Å². The summed E-state index contributed by atoms with van der Waals surface area (Å²) in [5.41, 5.74) is 6.84. The number of carbonyl (C=O) groups is 1. The molecule has 1 fully saturated rings. The summed E-state index contributed by atoms with van der Waals surface area (Å²) in [5.74, 6) is -0.0307. The average molecular weight is 220 g/mol. The fourth-order valence-corrected chi connectivity index (χ4v) is 1.66. The van der Waals surface area contributed by atoms with Gasteiger partial charge in [-0.05, 0) is 5.56 Å². The van der Waals surface area contributed by atoms with Gasteiger partial charge in [0.2, 0.25) is 5.91 Å². The lowest BCUT2D eigenvalue weighted by atomic mass is 10.2. The van der Waals surface area contributed by atoms with E-state index >= 15 is 0 Å². The van der Waals surface area contributed by atoms with Crippen molar-refractivity contribution in [3.63, 3.8) is 0 Å². The van der Waals surface area contributed by atoms with Crippen molar-refractivity contribution in [2.75, 3.05) is 0 Å².